The standard InChI is InChI=1S/B.Mo.H3P.Si/h;;1H3;. The van der Waals surface area contributed by atoms with E-state index in [0.29, 0.717) is 0 Å². The van der Waals surface area contributed by atoms with Crippen LogP contribution in [0.15, 0.2) is 0 Å². The molecular weight excluding hydrogens is 166 g/mol. The first-order chi connectivity index (χ1) is 0. The van der Waals surface area contributed by atoms with Crippen molar-refractivity contribution in [2.75, 3.05) is 0 Å². The average molecular weight is 169 g/mol. The summed E-state index contributed by atoms with van der Waals surface area (Å²) in [6.45, 7) is 0. The third-order valence-corrected chi connectivity index (χ3v) is 0. The molecule has 7 radical (unpaired) electrons. The molecule has 1 atom stereocenters. The van der Waals surface area contributed by atoms with Gasteiger partial charge in [-0.3, -0.25) is 0 Å². The van der Waals surface area contributed by atoms with Gasteiger partial charge in [0.25, 0.3) is 0 Å². The van der Waals surface area contributed by atoms with E-state index < -0.39 is 0 Å². The predicted molar refractivity (Wildman–Crippen MR) is 22.6 cm³/mol. The molecule has 0 bridgehead atoms. The molecule has 0 amide bonds. The average Bonchev–Trinajstić information content (AvgIpc) is 0. The summed E-state index contributed by atoms with van der Waals surface area (Å²) in [5.41, 5.74) is 0. The third-order valence-electron chi connectivity index (χ3n) is 0. The molecule has 4 heteroatoms. The number of rotatable bonds is 0. The summed E-state index contributed by atoms with van der Waals surface area (Å²) < 4.78 is 0. The topological polar surface area (TPSA) is 0 Å². The summed E-state index contributed by atoms with van der Waals surface area (Å²) in [7, 11) is 0. The molecule has 0 nitrogen and oxygen atoms in total. The van der Waals surface area contributed by atoms with Crippen LogP contribution in [0.4, 0.5) is 0 Å². The number of hydrogen-bond acceptors (Lipinski definition) is 0. The summed E-state index contributed by atoms with van der Waals surface area (Å²) in [4.78, 5) is 0. The van der Waals surface area contributed by atoms with E-state index in [1.807, 2.05) is 0 Å². The first-order valence-corrected chi connectivity index (χ1v) is 0. The fourth-order valence-corrected chi connectivity index (χ4v) is 0. The maximum absolute atomic E-state index is 0. The zero-order chi connectivity index (χ0) is 0. The largest absolute Gasteiger partial charge is 0.153 e. The van der Waals surface area contributed by atoms with Gasteiger partial charge in [0.2, 0.25) is 0 Å². The van der Waals surface area contributed by atoms with Crippen LogP contribution in [0.5, 0.6) is 0 Å². The zero-order valence-electron chi connectivity index (χ0n) is 2.19. The Balaban J connectivity index is 0. The van der Waals surface area contributed by atoms with Gasteiger partial charge >= 0.3 is 0 Å². The van der Waals surface area contributed by atoms with Crippen LogP contribution in [0.25, 0.3) is 0 Å². The van der Waals surface area contributed by atoms with Gasteiger partial charge in [0.15, 0.2) is 0 Å². The van der Waals surface area contributed by atoms with Gasteiger partial charge in [0.05, 0.1) is 0 Å². The van der Waals surface area contributed by atoms with Gasteiger partial charge < -0.3 is 0 Å². The van der Waals surface area contributed by atoms with Crippen LogP contribution in [-0.4, -0.2) is 19.4 Å². The normalized spacial score (nSPS) is 0. The molecule has 0 rings (SSSR count). The molecule has 0 N–H and O–H groups in total. The van der Waals surface area contributed by atoms with Gasteiger partial charge in [-0.25, -0.2) is 0 Å². The van der Waals surface area contributed by atoms with E-state index in [1.54, 1.807) is 0 Å². The Labute approximate surface area is 50.6 Å². The van der Waals surface area contributed by atoms with Crippen LogP contribution in [0.1, 0.15) is 0 Å². The Morgan fingerprint density at radius 2 is 1.00 bits per heavy atom. The molecular formula is H3BMoPSi. The van der Waals surface area contributed by atoms with Crippen molar-refractivity contribution in [1.29, 1.82) is 0 Å². The van der Waals surface area contributed by atoms with E-state index in [-0.39, 0.29) is 50.3 Å². The predicted octanol–water partition coefficient (Wildman–Crippen LogP) is -0.706. The first-order valence-electron chi connectivity index (χ1n) is 0. The maximum atomic E-state index is 0. The molecule has 0 aliphatic rings. The van der Waals surface area contributed by atoms with Crippen LogP contribution in [-0.2, 0) is 21.1 Å². The fraction of sp³-hybridized carbons (Fsp3) is 0. The monoisotopic (exact) mass is 171 g/mol. The Morgan fingerprint density at radius 1 is 1.00 bits per heavy atom. The number of hydrogen-bond donors (Lipinski definition) is 0. The van der Waals surface area contributed by atoms with Crippen molar-refractivity contribution in [2.45, 2.75) is 0 Å². The molecule has 0 aromatic heterocycles. The molecule has 0 saturated carbocycles. The van der Waals surface area contributed by atoms with Crippen molar-refractivity contribution < 1.29 is 21.1 Å². The molecule has 0 aromatic carbocycles. The van der Waals surface area contributed by atoms with E-state index >= 15 is 0 Å². The minimum Gasteiger partial charge on any atom is -0.153 e. The van der Waals surface area contributed by atoms with E-state index in [1.165, 1.54) is 0 Å². The minimum atomic E-state index is 0. The molecule has 0 aliphatic carbocycles. The molecule has 0 heterocycles. The van der Waals surface area contributed by atoms with Crippen LogP contribution in [0.2, 0.25) is 0 Å². The van der Waals surface area contributed by atoms with Gasteiger partial charge in [-0.2, -0.15) is 9.90 Å². The molecule has 21 valence electrons. The van der Waals surface area contributed by atoms with Crippen molar-refractivity contribution in [3.05, 3.63) is 0 Å². The van der Waals surface area contributed by atoms with Crippen LogP contribution >= 0.6 is 9.90 Å². The van der Waals surface area contributed by atoms with Crippen molar-refractivity contribution in [3.63, 3.8) is 0 Å². The summed E-state index contributed by atoms with van der Waals surface area (Å²) in [5.74, 6) is 0. The van der Waals surface area contributed by atoms with Crippen molar-refractivity contribution in [1.82, 2.24) is 0 Å². The van der Waals surface area contributed by atoms with Gasteiger partial charge in [-0.1, -0.05) is 0 Å². The molecule has 1 unspecified atom stereocenters. The Hall–Kier alpha value is 1.40. The molecule has 4 heavy (non-hydrogen) atoms. The second-order valence-corrected chi connectivity index (χ2v) is 0. The van der Waals surface area contributed by atoms with E-state index in [4.69, 9.17) is 0 Å². The van der Waals surface area contributed by atoms with Crippen LogP contribution in [0.3, 0.4) is 0 Å². The Bertz CT molecular complexity index is 8.00. The summed E-state index contributed by atoms with van der Waals surface area (Å²) in [6, 6.07) is 0. The van der Waals surface area contributed by atoms with Crippen LogP contribution < -0.4 is 0 Å². The summed E-state index contributed by atoms with van der Waals surface area (Å²) in [5, 5.41) is 0. The second kappa shape index (κ2) is 25.9. The minimum absolute atomic E-state index is 0. The van der Waals surface area contributed by atoms with E-state index in [0.717, 1.165) is 0 Å². The Morgan fingerprint density at radius 3 is 1.00 bits per heavy atom. The zero-order valence-corrected chi connectivity index (χ0v) is 6.61. The fourth-order valence-electron chi connectivity index (χ4n) is 0. The van der Waals surface area contributed by atoms with Gasteiger partial charge in [-0.15, -0.1) is 0 Å². The SMILES string of the molecule is P.[B].[Mo].[Si]. The van der Waals surface area contributed by atoms with Crippen molar-refractivity contribution >= 4 is 29.3 Å². The van der Waals surface area contributed by atoms with E-state index in [9.17, 15) is 0 Å². The van der Waals surface area contributed by atoms with Crippen molar-refractivity contribution in [3.8, 4) is 0 Å². The summed E-state index contributed by atoms with van der Waals surface area (Å²) >= 11 is 0. The third kappa shape index (κ3) is 9.99. The van der Waals surface area contributed by atoms with Gasteiger partial charge in [-0.05, 0) is 0 Å². The molecule has 0 fully saturated rings. The Kier molecular flexibility index (Phi) is 346. The van der Waals surface area contributed by atoms with Crippen LogP contribution in [0, 0.1) is 0 Å². The van der Waals surface area contributed by atoms with Gasteiger partial charge in [0, 0.05) is 40.4 Å². The quantitative estimate of drug-likeness (QED) is 0.332. The van der Waals surface area contributed by atoms with Gasteiger partial charge in [0.1, 0.15) is 0 Å². The van der Waals surface area contributed by atoms with Crippen molar-refractivity contribution in [2.24, 2.45) is 0 Å². The molecule has 0 spiro atoms. The summed E-state index contributed by atoms with van der Waals surface area (Å²) in [6.07, 6.45) is 0. The first kappa shape index (κ1) is 53.3. The molecule has 0 aromatic rings. The van der Waals surface area contributed by atoms with E-state index in [2.05, 4.69) is 0 Å². The maximum Gasteiger partial charge on any atom is 0 e. The smallest absolute Gasteiger partial charge is 0 e. The molecule has 0 saturated heterocycles. The second-order valence-electron chi connectivity index (χ2n) is 0. The molecule has 0 aliphatic heterocycles.